The van der Waals surface area contributed by atoms with Gasteiger partial charge >= 0.3 is 0 Å². The van der Waals surface area contributed by atoms with Gasteiger partial charge in [-0.3, -0.25) is 9.78 Å². The second-order valence-electron chi connectivity index (χ2n) is 3.95. The first-order valence-electron chi connectivity index (χ1n) is 5.46. The monoisotopic (exact) mass is 221 g/mol. The number of hydrogen-bond donors (Lipinski definition) is 1. The van der Waals surface area contributed by atoms with Gasteiger partial charge in [0.2, 0.25) is 0 Å². The van der Waals surface area contributed by atoms with Crippen molar-refractivity contribution in [1.29, 1.82) is 0 Å². The SMILES string of the molecule is Cc1ccc(C(=O)N(C)CCCN)c(C)n1. The molecule has 0 aliphatic heterocycles. The van der Waals surface area contributed by atoms with E-state index in [-0.39, 0.29) is 5.91 Å². The van der Waals surface area contributed by atoms with E-state index in [9.17, 15) is 4.79 Å². The summed E-state index contributed by atoms with van der Waals surface area (Å²) in [5, 5.41) is 0. The Balaban J connectivity index is 2.79. The fourth-order valence-electron chi connectivity index (χ4n) is 1.55. The zero-order valence-electron chi connectivity index (χ0n) is 10.2. The molecule has 0 fully saturated rings. The van der Waals surface area contributed by atoms with Crippen molar-refractivity contribution in [3.63, 3.8) is 0 Å². The lowest BCUT2D eigenvalue weighted by Crippen LogP contribution is -2.29. The molecule has 0 unspecified atom stereocenters. The van der Waals surface area contributed by atoms with Gasteiger partial charge in [0, 0.05) is 19.3 Å². The molecular weight excluding hydrogens is 202 g/mol. The van der Waals surface area contributed by atoms with Crippen LogP contribution in [0.25, 0.3) is 0 Å². The van der Waals surface area contributed by atoms with Crippen LogP contribution in [-0.2, 0) is 0 Å². The summed E-state index contributed by atoms with van der Waals surface area (Å²) in [5.41, 5.74) is 7.80. The predicted octanol–water partition coefficient (Wildman–Crippen LogP) is 1.12. The first-order chi connectivity index (χ1) is 7.56. The van der Waals surface area contributed by atoms with Crippen LogP contribution >= 0.6 is 0 Å². The highest BCUT2D eigenvalue weighted by atomic mass is 16.2. The Morgan fingerprint density at radius 2 is 2.12 bits per heavy atom. The Morgan fingerprint density at radius 3 is 2.69 bits per heavy atom. The van der Waals surface area contributed by atoms with Gasteiger partial charge in [-0.15, -0.1) is 0 Å². The molecule has 16 heavy (non-hydrogen) atoms. The van der Waals surface area contributed by atoms with E-state index >= 15 is 0 Å². The zero-order chi connectivity index (χ0) is 12.1. The summed E-state index contributed by atoms with van der Waals surface area (Å²) in [7, 11) is 1.79. The lowest BCUT2D eigenvalue weighted by atomic mass is 10.1. The summed E-state index contributed by atoms with van der Waals surface area (Å²) in [6, 6.07) is 3.69. The molecule has 1 amide bonds. The van der Waals surface area contributed by atoms with Gasteiger partial charge in [0.05, 0.1) is 11.3 Å². The van der Waals surface area contributed by atoms with Gasteiger partial charge < -0.3 is 10.6 Å². The van der Waals surface area contributed by atoms with Crippen LogP contribution in [0.2, 0.25) is 0 Å². The standard InChI is InChI=1S/C12H19N3O/c1-9-5-6-11(10(2)14-9)12(16)15(3)8-4-7-13/h5-6H,4,7-8,13H2,1-3H3. The van der Waals surface area contributed by atoms with Crippen molar-refractivity contribution in [2.24, 2.45) is 5.73 Å². The van der Waals surface area contributed by atoms with Crippen LogP contribution in [0.3, 0.4) is 0 Å². The van der Waals surface area contributed by atoms with Crippen LogP contribution in [0.4, 0.5) is 0 Å². The number of amides is 1. The second-order valence-corrected chi connectivity index (χ2v) is 3.95. The maximum atomic E-state index is 12.0. The Morgan fingerprint density at radius 1 is 1.44 bits per heavy atom. The molecule has 2 N–H and O–H groups in total. The minimum atomic E-state index is 0.0125. The molecule has 1 aromatic rings. The maximum Gasteiger partial charge on any atom is 0.255 e. The number of carbonyl (C=O) groups is 1. The molecule has 0 aliphatic carbocycles. The summed E-state index contributed by atoms with van der Waals surface area (Å²) in [4.78, 5) is 18.0. The number of aromatic nitrogens is 1. The van der Waals surface area contributed by atoms with Gasteiger partial charge in [0.15, 0.2) is 0 Å². The van der Waals surface area contributed by atoms with Gasteiger partial charge in [-0.1, -0.05) is 0 Å². The first-order valence-corrected chi connectivity index (χ1v) is 5.46. The van der Waals surface area contributed by atoms with Crippen molar-refractivity contribution < 1.29 is 4.79 Å². The average molecular weight is 221 g/mol. The number of pyridine rings is 1. The van der Waals surface area contributed by atoms with Crippen LogP contribution in [-0.4, -0.2) is 35.9 Å². The quantitative estimate of drug-likeness (QED) is 0.828. The summed E-state index contributed by atoms with van der Waals surface area (Å²) < 4.78 is 0. The van der Waals surface area contributed by atoms with E-state index < -0.39 is 0 Å². The molecular formula is C12H19N3O. The number of hydrogen-bond acceptors (Lipinski definition) is 3. The van der Waals surface area contributed by atoms with Crippen LogP contribution < -0.4 is 5.73 Å². The third-order valence-corrected chi connectivity index (χ3v) is 2.50. The van der Waals surface area contributed by atoms with Gasteiger partial charge in [-0.05, 0) is 38.9 Å². The molecule has 1 aromatic heterocycles. The molecule has 0 atom stereocenters. The summed E-state index contributed by atoms with van der Waals surface area (Å²) in [5.74, 6) is 0.0125. The highest BCUT2D eigenvalue weighted by Crippen LogP contribution is 2.09. The van der Waals surface area contributed by atoms with Crippen molar-refractivity contribution in [2.75, 3.05) is 20.1 Å². The highest BCUT2D eigenvalue weighted by Gasteiger charge is 2.14. The van der Waals surface area contributed by atoms with E-state index in [0.29, 0.717) is 18.7 Å². The molecule has 0 aromatic carbocycles. The molecule has 1 rings (SSSR count). The molecule has 0 saturated heterocycles. The third-order valence-electron chi connectivity index (χ3n) is 2.50. The third kappa shape index (κ3) is 3.03. The van der Waals surface area contributed by atoms with Crippen molar-refractivity contribution in [3.05, 3.63) is 29.1 Å². The van der Waals surface area contributed by atoms with Crippen molar-refractivity contribution in [2.45, 2.75) is 20.3 Å². The van der Waals surface area contributed by atoms with Crippen molar-refractivity contribution in [3.8, 4) is 0 Å². The molecule has 0 bridgehead atoms. The Bertz CT molecular complexity index is 377. The number of rotatable bonds is 4. The van der Waals surface area contributed by atoms with Gasteiger partial charge in [-0.2, -0.15) is 0 Å². The highest BCUT2D eigenvalue weighted by molar-refractivity contribution is 5.95. The van der Waals surface area contributed by atoms with E-state index in [1.807, 2.05) is 26.0 Å². The minimum Gasteiger partial charge on any atom is -0.342 e. The lowest BCUT2D eigenvalue weighted by Gasteiger charge is -2.17. The smallest absolute Gasteiger partial charge is 0.255 e. The Kier molecular flexibility index (Phi) is 4.43. The second kappa shape index (κ2) is 5.61. The van der Waals surface area contributed by atoms with Gasteiger partial charge in [0.25, 0.3) is 5.91 Å². The average Bonchev–Trinajstić information content (AvgIpc) is 2.25. The fourth-order valence-corrected chi connectivity index (χ4v) is 1.55. The minimum absolute atomic E-state index is 0.0125. The number of carbonyl (C=O) groups excluding carboxylic acids is 1. The van der Waals surface area contributed by atoms with Crippen LogP contribution in [0.15, 0.2) is 12.1 Å². The number of nitrogens with zero attached hydrogens (tertiary/aromatic N) is 2. The van der Waals surface area contributed by atoms with E-state index in [1.54, 1.807) is 11.9 Å². The number of nitrogens with two attached hydrogens (primary N) is 1. The maximum absolute atomic E-state index is 12.0. The number of aryl methyl sites for hydroxylation is 2. The zero-order valence-corrected chi connectivity index (χ0v) is 10.2. The largest absolute Gasteiger partial charge is 0.342 e. The Labute approximate surface area is 96.5 Å². The molecule has 4 nitrogen and oxygen atoms in total. The summed E-state index contributed by atoms with van der Waals surface area (Å²) in [6.07, 6.45) is 0.820. The summed E-state index contributed by atoms with van der Waals surface area (Å²) in [6.45, 7) is 5.06. The van der Waals surface area contributed by atoms with E-state index in [0.717, 1.165) is 17.8 Å². The van der Waals surface area contributed by atoms with E-state index in [1.165, 1.54) is 0 Å². The first kappa shape index (κ1) is 12.6. The normalized spacial score (nSPS) is 10.2. The van der Waals surface area contributed by atoms with Crippen LogP contribution in [0, 0.1) is 13.8 Å². The predicted molar refractivity (Wildman–Crippen MR) is 64.3 cm³/mol. The molecule has 0 saturated carbocycles. The fraction of sp³-hybridized carbons (Fsp3) is 0.500. The van der Waals surface area contributed by atoms with Crippen LogP contribution in [0.5, 0.6) is 0 Å². The molecule has 0 spiro atoms. The Hall–Kier alpha value is -1.42. The van der Waals surface area contributed by atoms with Crippen LogP contribution in [0.1, 0.15) is 28.2 Å². The molecule has 1 heterocycles. The van der Waals surface area contributed by atoms with E-state index in [4.69, 9.17) is 5.73 Å². The molecule has 0 radical (unpaired) electrons. The topological polar surface area (TPSA) is 59.2 Å². The van der Waals surface area contributed by atoms with Gasteiger partial charge in [-0.25, -0.2) is 0 Å². The molecule has 88 valence electrons. The molecule has 4 heteroatoms. The molecule has 0 aliphatic rings. The van der Waals surface area contributed by atoms with Gasteiger partial charge in [0.1, 0.15) is 0 Å². The van der Waals surface area contributed by atoms with E-state index in [2.05, 4.69) is 4.98 Å². The van der Waals surface area contributed by atoms with Crippen molar-refractivity contribution >= 4 is 5.91 Å². The lowest BCUT2D eigenvalue weighted by molar-refractivity contribution is 0.0793. The van der Waals surface area contributed by atoms with Crippen molar-refractivity contribution in [1.82, 2.24) is 9.88 Å². The summed E-state index contributed by atoms with van der Waals surface area (Å²) >= 11 is 0.